The Morgan fingerprint density at radius 3 is 2.74 bits per heavy atom. The molecule has 2 aromatic carbocycles. The van der Waals surface area contributed by atoms with E-state index < -0.39 is 11.4 Å². The molecule has 2 aliphatic rings. The van der Waals surface area contributed by atoms with Crippen molar-refractivity contribution in [2.24, 2.45) is 0 Å². The third-order valence-corrected chi connectivity index (χ3v) is 7.47. The maximum absolute atomic E-state index is 16.4. The topological polar surface area (TPSA) is 96.5 Å². The van der Waals surface area contributed by atoms with E-state index in [4.69, 9.17) is 21.1 Å². The number of amides is 1. The predicted octanol–water partition coefficient (Wildman–Crippen LogP) is 5.48. The number of halogens is 2. The van der Waals surface area contributed by atoms with Crippen molar-refractivity contribution < 1.29 is 18.7 Å². The average molecular weight is 539 g/mol. The van der Waals surface area contributed by atoms with Gasteiger partial charge < -0.3 is 24.3 Å². The number of hydrogen-bond acceptors (Lipinski definition) is 7. The lowest BCUT2D eigenvalue weighted by molar-refractivity contribution is 0.0109. The quantitative estimate of drug-likeness (QED) is 0.343. The van der Waals surface area contributed by atoms with Crippen LogP contribution in [-0.2, 0) is 4.74 Å². The van der Waals surface area contributed by atoms with Crippen molar-refractivity contribution in [1.29, 1.82) is 0 Å². The highest BCUT2D eigenvalue weighted by Crippen LogP contribution is 2.49. The second-order valence-corrected chi connectivity index (χ2v) is 11.3. The Balaban J connectivity index is 1.49. The maximum atomic E-state index is 16.4. The van der Waals surface area contributed by atoms with Gasteiger partial charge in [0.1, 0.15) is 29.9 Å². The number of carbonyl (C=O) groups excluding carboxylic acids is 1. The van der Waals surface area contributed by atoms with E-state index in [0.717, 1.165) is 11.1 Å². The number of aromatic amines is 1. The number of aryl methyl sites for hydroxylation is 1. The number of H-pyrrole nitrogens is 1. The summed E-state index contributed by atoms with van der Waals surface area (Å²) in [6.07, 6.45) is 2.55. The number of benzene rings is 2. The van der Waals surface area contributed by atoms with Crippen molar-refractivity contribution in [3.63, 3.8) is 0 Å². The first-order valence-corrected chi connectivity index (χ1v) is 12.9. The largest absolute Gasteiger partial charge is 0.489 e. The second-order valence-electron chi connectivity index (χ2n) is 10.9. The molecular formula is C27H28ClFN6O3. The molecule has 0 spiro atoms. The Morgan fingerprint density at radius 1 is 1.18 bits per heavy atom. The van der Waals surface area contributed by atoms with E-state index in [1.165, 1.54) is 6.33 Å². The summed E-state index contributed by atoms with van der Waals surface area (Å²) in [6.45, 7) is 10.4. The summed E-state index contributed by atoms with van der Waals surface area (Å²) < 4.78 is 28.3. The molecule has 0 unspecified atom stereocenters. The third-order valence-electron chi connectivity index (χ3n) is 7.11. The normalized spacial score (nSPS) is 19.3. The fourth-order valence-electron chi connectivity index (χ4n) is 5.38. The molecule has 4 aromatic rings. The molecule has 0 radical (unpaired) electrons. The molecule has 1 N–H and O–H groups in total. The highest BCUT2D eigenvalue weighted by atomic mass is 35.5. The van der Waals surface area contributed by atoms with Crippen LogP contribution in [0.1, 0.15) is 33.3 Å². The first kappa shape index (κ1) is 24.7. The first-order valence-electron chi connectivity index (χ1n) is 12.5. The average Bonchev–Trinajstić information content (AvgIpc) is 3.27. The van der Waals surface area contributed by atoms with Gasteiger partial charge in [0.05, 0.1) is 33.8 Å². The number of nitrogens with zero attached hydrogens (tertiary/aromatic N) is 5. The van der Waals surface area contributed by atoms with E-state index in [0.29, 0.717) is 41.1 Å². The van der Waals surface area contributed by atoms with Gasteiger partial charge in [0.15, 0.2) is 11.6 Å². The van der Waals surface area contributed by atoms with Crippen LogP contribution in [0.4, 0.5) is 15.0 Å². The van der Waals surface area contributed by atoms with Gasteiger partial charge in [0.2, 0.25) is 0 Å². The van der Waals surface area contributed by atoms with Crippen LogP contribution >= 0.6 is 11.6 Å². The lowest BCUT2D eigenvalue weighted by Crippen LogP contribution is -2.61. The molecule has 6 rings (SSSR count). The Hall–Kier alpha value is -3.66. The second kappa shape index (κ2) is 8.69. The van der Waals surface area contributed by atoms with Crippen molar-refractivity contribution in [1.82, 2.24) is 24.8 Å². The molecule has 2 atom stereocenters. The van der Waals surface area contributed by atoms with E-state index in [1.54, 1.807) is 11.2 Å². The molecule has 0 bridgehead atoms. The number of carbonyl (C=O) groups is 1. The van der Waals surface area contributed by atoms with Crippen LogP contribution < -0.4 is 9.64 Å². The van der Waals surface area contributed by atoms with Gasteiger partial charge in [-0.05, 0) is 46.2 Å². The number of imidazole rings is 1. The van der Waals surface area contributed by atoms with Gasteiger partial charge in [-0.2, -0.15) is 0 Å². The summed E-state index contributed by atoms with van der Waals surface area (Å²) in [7, 11) is 0. The van der Waals surface area contributed by atoms with Gasteiger partial charge in [-0.15, -0.1) is 0 Å². The van der Waals surface area contributed by atoms with Gasteiger partial charge in [-0.3, -0.25) is 0 Å². The highest BCUT2D eigenvalue weighted by molar-refractivity contribution is 6.37. The summed E-state index contributed by atoms with van der Waals surface area (Å²) in [5, 5.41) is 0.563. The maximum Gasteiger partial charge on any atom is 0.410 e. The van der Waals surface area contributed by atoms with Crippen LogP contribution in [0.3, 0.4) is 0 Å². The standard InChI is InChI=1S/C27H28ClFN6O3/c1-13-6-7-16-22(31-11-30-16)17(13)18-20(28)24-19-23(21(18)29)32-12-33-25(19)35-8-14(2)34(9-15(35)10-37-24)26(36)38-27(3,4)5/h6-7,11-12,14-15H,8-10H2,1-5H3,(H,30,31)/t14-,15+/m1/s1. The third kappa shape index (κ3) is 3.81. The summed E-state index contributed by atoms with van der Waals surface area (Å²) in [5.74, 6) is 0.301. The molecule has 2 aliphatic heterocycles. The van der Waals surface area contributed by atoms with E-state index >= 15 is 4.39 Å². The van der Waals surface area contributed by atoms with E-state index in [1.807, 2.05) is 46.8 Å². The molecule has 1 fully saturated rings. The Kier molecular flexibility index (Phi) is 5.64. The van der Waals surface area contributed by atoms with Crippen LogP contribution in [-0.4, -0.2) is 68.3 Å². The van der Waals surface area contributed by atoms with Gasteiger partial charge in [0.25, 0.3) is 0 Å². The van der Waals surface area contributed by atoms with Gasteiger partial charge >= 0.3 is 6.09 Å². The molecule has 1 amide bonds. The molecule has 11 heteroatoms. The number of fused-ring (bicyclic) bond motifs is 3. The van der Waals surface area contributed by atoms with E-state index in [-0.39, 0.29) is 40.9 Å². The number of ether oxygens (including phenoxy) is 2. The molecular weight excluding hydrogens is 511 g/mol. The number of aromatic nitrogens is 4. The van der Waals surface area contributed by atoms with Crippen molar-refractivity contribution in [2.45, 2.75) is 52.3 Å². The number of nitrogens with one attached hydrogen (secondary N) is 1. The zero-order valence-electron chi connectivity index (χ0n) is 21.8. The van der Waals surface area contributed by atoms with Crippen molar-refractivity contribution >= 4 is 45.4 Å². The Morgan fingerprint density at radius 2 is 1.97 bits per heavy atom. The van der Waals surface area contributed by atoms with Crippen molar-refractivity contribution in [3.8, 4) is 16.9 Å². The molecule has 9 nitrogen and oxygen atoms in total. The zero-order valence-corrected chi connectivity index (χ0v) is 22.6. The highest BCUT2D eigenvalue weighted by Gasteiger charge is 2.41. The molecule has 4 heterocycles. The fourth-order valence-corrected chi connectivity index (χ4v) is 5.71. The summed E-state index contributed by atoms with van der Waals surface area (Å²) >= 11 is 6.96. The molecule has 38 heavy (non-hydrogen) atoms. The van der Waals surface area contributed by atoms with E-state index in [9.17, 15) is 4.79 Å². The van der Waals surface area contributed by atoms with Gasteiger partial charge in [-0.25, -0.2) is 24.1 Å². The number of rotatable bonds is 1. The first-order chi connectivity index (χ1) is 18.0. The van der Waals surface area contributed by atoms with Gasteiger partial charge in [0, 0.05) is 30.3 Å². The Bertz CT molecular complexity index is 1600. The smallest absolute Gasteiger partial charge is 0.410 e. The molecule has 198 valence electrons. The molecule has 0 saturated carbocycles. The van der Waals surface area contributed by atoms with Crippen molar-refractivity contribution in [3.05, 3.63) is 41.2 Å². The number of hydrogen-bond donors (Lipinski definition) is 1. The lowest BCUT2D eigenvalue weighted by atomic mass is 9.96. The van der Waals surface area contributed by atoms with Gasteiger partial charge in [-0.1, -0.05) is 17.7 Å². The number of anilines is 1. The van der Waals surface area contributed by atoms with E-state index in [2.05, 4.69) is 24.8 Å². The number of piperazine rings is 1. The molecule has 2 aromatic heterocycles. The van der Waals surface area contributed by atoms with Crippen LogP contribution in [0.5, 0.6) is 5.75 Å². The van der Waals surface area contributed by atoms with Crippen LogP contribution in [0.15, 0.2) is 24.8 Å². The predicted molar refractivity (Wildman–Crippen MR) is 143 cm³/mol. The molecule has 0 aliphatic carbocycles. The SMILES string of the molecule is Cc1ccc2[nH]cnc2c1-c1c(Cl)c2c3c(ncnc3c1F)N1C[C@@H](C)N(C(=O)OC(C)(C)C)C[C@H]1CO2. The lowest BCUT2D eigenvalue weighted by Gasteiger charge is -2.44. The minimum Gasteiger partial charge on any atom is -0.489 e. The Labute approximate surface area is 223 Å². The zero-order chi connectivity index (χ0) is 26.9. The minimum absolute atomic E-state index is 0.124. The minimum atomic E-state index is -0.611. The van der Waals surface area contributed by atoms with Crippen LogP contribution in [0, 0.1) is 12.7 Å². The fraction of sp³-hybridized carbons (Fsp3) is 0.407. The molecule has 1 saturated heterocycles. The van der Waals surface area contributed by atoms with Crippen LogP contribution in [0.2, 0.25) is 5.02 Å². The summed E-state index contributed by atoms with van der Waals surface area (Å²) in [6, 6.07) is 3.37. The van der Waals surface area contributed by atoms with Crippen molar-refractivity contribution in [2.75, 3.05) is 24.6 Å². The monoisotopic (exact) mass is 538 g/mol. The van der Waals surface area contributed by atoms with Crippen LogP contribution in [0.25, 0.3) is 33.1 Å². The summed E-state index contributed by atoms with van der Waals surface area (Å²) in [4.78, 5) is 33.1. The summed E-state index contributed by atoms with van der Waals surface area (Å²) in [5.41, 5.74) is 2.49.